The van der Waals surface area contributed by atoms with Crippen molar-refractivity contribution in [3.63, 3.8) is 0 Å². The fourth-order valence-corrected chi connectivity index (χ4v) is 4.61. The van der Waals surface area contributed by atoms with E-state index in [4.69, 9.17) is 0 Å². The zero-order valence-corrected chi connectivity index (χ0v) is 15.9. The molecule has 3 aromatic rings. The number of hydrogen-bond acceptors (Lipinski definition) is 6. The first-order valence-electron chi connectivity index (χ1n) is 8.88. The highest BCUT2D eigenvalue weighted by Crippen LogP contribution is 2.35. The molecule has 2 aromatic heterocycles. The average Bonchev–Trinajstić information content (AvgIpc) is 3.31. The number of imidazole rings is 1. The summed E-state index contributed by atoms with van der Waals surface area (Å²) in [5.74, 6) is 1.05. The second-order valence-electron chi connectivity index (χ2n) is 6.63. The number of para-hydroxylation sites is 1. The number of aryl methyl sites for hydroxylation is 1. The average molecular weight is 383 g/mol. The van der Waals surface area contributed by atoms with Crippen molar-refractivity contribution in [2.24, 2.45) is 7.05 Å². The summed E-state index contributed by atoms with van der Waals surface area (Å²) >= 11 is 1.62. The number of benzene rings is 1. The van der Waals surface area contributed by atoms with Gasteiger partial charge in [0.15, 0.2) is 0 Å². The van der Waals surface area contributed by atoms with Crippen molar-refractivity contribution < 1.29 is 4.92 Å². The van der Waals surface area contributed by atoms with Gasteiger partial charge in [0, 0.05) is 61.4 Å². The number of nitrogens with one attached hydrogen (secondary N) is 1. The van der Waals surface area contributed by atoms with Gasteiger partial charge in [-0.2, -0.15) is 0 Å². The van der Waals surface area contributed by atoms with Crippen LogP contribution in [-0.4, -0.2) is 39.0 Å². The summed E-state index contributed by atoms with van der Waals surface area (Å²) in [5, 5.41) is 14.8. The maximum Gasteiger partial charge on any atom is 0.278 e. The number of thiophene rings is 1. The van der Waals surface area contributed by atoms with Gasteiger partial charge in [-0.05, 0) is 18.2 Å². The molecule has 1 unspecified atom stereocenters. The lowest BCUT2D eigenvalue weighted by Gasteiger charge is -2.35. The first-order valence-corrected chi connectivity index (χ1v) is 9.69. The normalized spacial score (nSPS) is 17.9. The highest BCUT2D eigenvalue weighted by atomic mass is 32.1. The van der Waals surface area contributed by atoms with Crippen molar-refractivity contribution in [2.45, 2.75) is 12.6 Å². The van der Waals surface area contributed by atoms with Crippen LogP contribution in [0.3, 0.4) is 0 Å². The van der Waals surface area contributed by atoms with Gasteiger partial charge in [0.25, 0.3) is 5.69 Å². The van der Waals surface area contributed by atoms with Crippen LogP contribution in [0.25, 0.3) is 10.4 Å². The third-order valence-electron chi connectivity index (χ3n) is 4.90. The minimum Gasteiger partial charge on any atom is -0.337 e. The van der Waals surface area contributed by atoms with E-state index in [1.54, 1.807) is 23.5 Å². The summed E-state index contributed by atoms with van der Waals surface area (Å²) in [6.45, 7) is 3.57. The van der Waals surface area contributed by atoms with Crippen LogP contribution >= 0.6 is 11.3 Å². The molecule has 1 fully saturated rings. The topological polar surface area (TPSA) is 76.2 Å². The Morgan fingerprint density at radius 2 is 2.19 bits per heavy atom. The largest absolute Gasteiger partial charge is 0.337 e. The van der Waals surface area contributed by atoms with E-state index in [-0.39, 0.29) is 16.7 Å². The highest BCUT2D eigenvalue weighted by molar-refractivity contribution is 7.15. The fraction of sp³-hybridized carbons (Fsp3) is 0.316. The maximum atomic E-state index is 11.3. The molecule has 0 aliphatic carbocycles. The molecule has 1 N–H and O–H groups in total. The molecule has 7 nitrogen and oxygen atoms in total. The second-order valence-corrected chi connectivity index (χ2v) is 7.80. The van der Waals surface area contributed by atoms with Gasteiger partial charge in [0.2, 0.25) is 0 Å². The smallest absolute Gasteiger partial charge is 0.278 e. The predicted molar refractivity (Wildman–Crippen MR) is 106 cm³/mol. The van der Waals surface area contributed by atoms with Gasteiger partial charge in [0.05, 0.1) is 16.5 Å². The Kier molecular flexibility index (Phi) is 5.02. The van der Waals surface area contributed by atoms with Crippen LogP contribution in [0.1, 0.15) is 16.7 Å². The number of nitrogens with zero attached hydrogens (tertiary/aromatic N) is 4. The van der Waals surface area contributed by atoms with Crippen molar-refractivity contribution in [1.29, 1.82) is 0 Å². The van der Waals surface area contributed by atoms with E-state index < -0.39 is 0 Å². The molecule has 0 radical (unpaired) electrons. The first kappa shape index (κ1) is 17.8. The third-order valence-corrected chi connectivity index (χ3v) is 6.00. The fourth-order valence-electron chi connectivity index (χ4n) is 3.54. The van der Waals surface area contributed by atoms with Crippen LogP contribution in [0, 0.1) is 10.1 Å². The third kappa shape index (κ3) is 3.64. The number of rotatable bonds is 5. The van der Waals surface area contributed by atoms with Crippen molar-refractivity contribution >= 4 is 17.0 Å². The van der Waals surface area contributed by atoms with Gasteiger partial charge < -0.3 is 9.88 Å². The van der Waals surface area contributed by atoms with Gasteiger partial charge in [-0.1, -0.05) is 12.1 Å². The molecule has 0 bridgehead atoms. The lowest BCUT2D eigenvalue weighted by molar-refractivity contribution is -0.384. The zero-order chi connectivity index (χ0) is 18.8. The molecule has 1 saturated heterocycles. The van der Waals surface area contributed by atoms with Crippen molar-refractivity contribution in [3.8, 4) is 10.4 Å². The molecule has 1 aliphatic heterocycles. The molecule has 3 heterocycles. The standard InChI is InChI=1S/C19H21N5O2S/c1-22-10-9-21-19(22)17-12-20-8-11-23(17)13-14-6-7-18(27-14)15-4-2-3-5-16(15)24(25)26/h2-7,9-10,17,20H,8,11-13H2,1H3. The Labute approximate surface area is 161 Å². The van der Waals surface area contributed by atoms with E-state index >= 15 is 0 Å². The summed E-state index contributed by atoms with van der Waals surface area (Å²) in [4.78, 5) is 20.1. The first-order chi connectivity index (χ1) is 13.1. The molecule has 0 spiro atoms. The van der Waals surface area contributed by atoms with Gasteiger partial charge in [-0.15, -0.1) is 11.3 Å². The Morgan fingerprint density at radius 1 is 1.33 bits per heavy atom. The van der Waals surface area contributed by atoms with Crippen LogP contribution in [0.2, 0.25) is 0 Å². The second kappa shape index (κ2) is 7.59. The molecule has 27 heavy (non-hydrogen) atoms. The molecule has 0 saturated carbocycles. The molecule has 1 aliphatic rings. The minimum atomic E-state index is -0.317. The van der Waals surface area contributed by atoms with Crippen LogP contribution in [0.5, 0.6) is 0 Å². The summed E-state index contributed by atoms with van der Waals surface area (Å²) in [6, 6.07) is 11.2. The van der Waals surface area contributed by atoms with Gasteiger partial charge >= 0.3 is 0 Å². The summed E-state index contributed by atoms with van der Waals surface area (Å²) in [7, 11) is 2.02. The van der Waals surface area contributed by atoms with Crippen LogP contribution in [0.4, 0.5) is 5.69 Å². The quantitative estimate of drug-likeness (QED) is 0.541. The Hall–Kier alpha value is -2.55. The minimum absolute atomic E-state index is 0.152. The van der Waals surface area contributed by atoms with Gasteiger partial charge in [-0.25, -0.2) is 4.98 Å². The van der Waals surface area contributed by atoms with Crippen LogP contribution in [-0.2, 0) is 13.6 Å². The van der Waals surface area contributed by atoms with Gasteiger partial charge in [-0.3, -0.25) is 15.0 Å². The molecule has 1 atom stereocenters. The predicted octanol–water partition coefficient (Wildman–Crippen LogP) is 3.20. The van der Waals surface area contributed by atoms with Crippen LogP contribution < -0.4 is 5.32 Å². The number of piperazine rings is 1. The van der Waals surface area contributed by atoms with Crippen molar-refractivity contribution in [2.75, 3.05) is 19.6 Å². The SMILES string of the molecule is Cn1ccnc1C1CNCCN1Cc1ccc(-c2ccccc2[N+](=O)[O-])s1. The molecular formula is C19H21N5O2S. The van der Waals surface area contributed by atoms with E-state index in [0.29, 0.717) is 5.56 Å². The lowest BCUT2D eigenvalue weighted by atomic mass is 10.1. The molecule has 4 rings (SSSR count). The molecule has 0 amide bonds. The number of hydrogen-bond donors (Lipinski definition) is 1. The van der Waals surface area contributed by atoms with Gasteiger partial charge in [0.1, 0.15) is 5.82 Å². The number of nitro benzene ring substituents is 1. The maximum absolute atomic E-state index is 11.3. The summed E-state index contributed by atoms with van der Waals surface area (Å²) < 4.78 is 2.07. The Balaban J connectivity index is 1.57. The Bertz CT molecular complexity index is 951. The van der Waals surface area contributed by atoms with Crippen molar-refractivity contribution in [1.82, 2.24) is 19.8 Å². The van der Waals surface area contributed by atoms with E-state index in [1.165, 1.54) is 4.88 Å². The van der Waals surface area contributed by atoms with E-state index in [0.717, 1.165) is 36.9 Å². The van der Waals surface area contributed by atoms with E-state index in [2.05, 4.69) is 25.8 Å². The van der Waals surface area contributed by atoms with Crippen molar-refractivity contribution in [3.05, 3.63) is 69.6 Å². The zero-order valence-electron chi connectivity index (χ0n) is 15.0. The number of nitro groups is 1. The van der Waals surface area contributed by atoms with E-state index in [9.17, 15) is 10.1 Å². The molecule has 140 valence electrons. The summed E-state index contributed by atoms with van der Waals surface area (Å²) in [5.41, 5.74) is 0.832. The number of aromatic nitrogens is 2. The summed E-state index contributed by atoms with van der Waals surface area (Å²) in [6.07, 6.45) is 3.81. The molecule has 8 heteroatoms. The highest BCUT2D eigenvalue weighted by Gasteiger charge is 2.27. The van der Waals surface area contributed by atoms with Crippen LogP contribution in [0.15, 0.2) is 48.8 Å². The monoisotopic (exact) mass is 383 g/mol. The van der Waals surface area contributed by atoms with E-state index in [1.807, 2.05) is 37.6 Å². The lowest BCUT2D eigenvalue weighted by Crippen LogP contribution is -2.46. The molecule has 1 aromatic carbocycles. The molecular weight excluding hydrogens is 362 g/mol. The Morgan fingerprint density at radius 3 is 2.96 bits per heavy atom.